The molecular weight excluding hydrogens is 362 g/mol. The molecule has 0 unspecified atom stereocenters. The number of esters is 1. The zero-order chi connectivity index (χ0) is 19.2. The summed E-state index contributed by atoms with van der Waals surface area (Å²) in [6.45, 7) is 1.96. The molecule has 0 amide bonds. The number of hydrogen-bond acceptors (Lipinski definition) is 7. The molecule has 1 aliphatic rings. The van der Waals surface area contributed by atoms with E-state index in [1.54, 1.807) is 24.4 Å². The number of nitrogen functional groups attached to an aromatic ring is 1. The van der Waals surface area contributed by atoms with E-state index in [0.29, 0.717) is 29.2 Å². The molecule has 4 rings (SSSR count). The number of aromatic nitrogens is 2. The van der Waals surface area contributed by atoms with Crippen LogP contribution in [0.1, 0.15) is 38.5 Å². The number of hydrogen-bond donors (Lipinski definition) is 2. The van der Waals surface area contributed by atoms with Crippen LogP contribution in [-0.2, 0) is 16.8 Å². The summed E-state index contributed by atoms with van der Waals surface area (Å²) >= 11 is 1.41. The lowest BCUT2D eigenvalue weighted by Crippen LogP contribution is -2.23. The standard InChI is InChI=1S/C20H19N3O3S/c1-11-7-15(23-17(21)8-11)16-10-22-19(27-16)20(25)6-5-12-9-13(18(24)26-2)3-4-14(12)20/h3-4,7-10,25H,5-6H2,1-2H3,(H2,21,23)/t20-/m1/s1. The molecule has 3 N–H and O–H groups in total. The van der Waals surface area contributed by atoms with Crippen LogP contribution in [0, 0.1) is 6.92 Å². The van der Waals surface area contributed by atoms with Gasteiger partial charge in [0.25, 0.3) is 0 Å². The number of carbonyl (C=O) groups is 1. The number of ether oxygens (including phenoxy) is 1. The Morgan fingerprint density at radius 3 is 2.89 bits per heavy atom. The summed E-state index contributed by atoms with van der Waals surface area (Å²) in [5.41, 5.74) is 8.67. The van der Waals surface area contributed by atoms with Crippen molar-refractivity contribution in [1.82, 2.24) is 9.97 Å². The van der Waals surface area contributed by atoms with Gasteiger partial charge in [-0.3, -0.25) is 0 Å². The number of methoxy groups -OCH3 is 1. The van der Waals surface area contributed by atoms with Crippen molar-refractivity contribution >= 4 is 23.1 Å². The normalized spacial score (nSPS) is 18.3. The molecular formula is C20H19N3O3S. The first-order valence-corrected chi connectivity index (χ1v) is 9.37. The van der Waals surface area contributed by atoms with Crippen LogP contribution in [0.5, 0.6) is 0 Å². The maximum absolute atomic E-state index is 11.7. The van der Waals surface area contributed by atoms with Crippen LogP contribution < -0.4 is 5.73 Å². The largest absolute Gasteiger partial charge is 0.465 e. The van der Waals surface area contributed by atoms with Gasteiger partial charge in [0.15, 0.2) is 0 Å². The first-order valence-electron chi connectivity index (χ1n) is 8.55. The Morgan fingerprint density at radius 2 is 2.15 bits per heavy atom. The lowest BCUT2D eigenvalue weighted by Gasteiger charge is -2.21. The van der Waals surface area contributed by atoms with Crippen LogP contribution >= 0.6 is 11.3 Å². The summed E-state index contributed by atoms with van der Waals surface area (Å²) in [4.78, 5) is 21.4. The van der Waals surface area contributed by atoms with Gasteiger partial charge in [0.05, 0.1) is 23.2 Å². The van der Waals surface area contributed by atoms with E-state index in [1.807, 2.05) is 19.1 Å². The van der Waals surface area contributed by atoms with E-state index in [-0.39, 0.29) is 5.97 Å². The number of nitrogens with zero attached hydrogens (tertiary/aromatic N) is 2. The molecule has 1 aliphatic carbocycles. The van der Waals surface area contributed by atoms with E-state index in [2.05, 4.69) is 9.97 Å². The number of aryl methyl sites for hydroxylation is 2. The summed E-state index contributed by atoms with van der Waals surface area (Å²) in [7, 11) is 1.36. The van der Waals surface area contributed by atoms with Gasteiger partial charge in [0.2, 0.25) is 0 Å². The zero-order valence-electron chi connectivity index (χ0n) is 15.0. The van der Waals surface area contributed by atoms with Crippen molar-refractivity contribution in [3.05, 3.63) is 63.8 Å². The molecule has 0 spiro atoms. The Morgan fingerprint density at radius 1 is 1.33 bits per heavy atom. The molecule has 27 heavy (non-hydrogen) atoms. The van der Waals surface area contributed by atoms with Gasteiger partial charge in [-0.25, -0.2) is 14.8 Å². The van der Waals surface area contributed by atoms with Gasteiger partial charge >= 0.3 is 5.97 Å². The molecule has 1 aromatic carbocycles. The number of aliphatic hydroxyl groups is 1. The molecule has 0 saturated carbocycles. The molecule has 2 aromatic heterocycles. The maximum atomic E-state index is 11.7. The van der Waals surface area contributed by atoms with Crippen LogP contribution in [0.4, 0.5) is 5.82 Å². The number of anilines is 1. The second-order valence-corrected chi connectivity index (χ2v) is 7.74. The van der Waals surface area contributed by atoms with Gasteiger partial charge in [0, 0.05) is 6.20 Å². The highest BCUT2D eigenvalue weighted by Gasteiger charge is 2.41. The predicted octanol–water partition coefficient (Wildman–Crippen LogP) is 3.06. The lowest BCUT2D eigenvalue weighted by atomic mass is 9.96. The number of carbonyl (C=O) groups excluding carboxylic acids is 1. The quantitative estimate of drug-likeness (QED) is 0.677. The summed E-state index contributed by atoms with van der Waals surface area (Å²) in [6, 6.07) is 9.02. The number of nitrogens with two attached hydrogens (primary N) is 1. The van der Waals surface area contributed by atoms with Gasteiger partial charge in [-0.1, -0.05) is 6.07 Å². The van der Waals surface area contributed by atoms with Crippen molar-refractivity contribution in [2.45, 2.75) is 25.4 Å². The number of rotatable bonds is 3. The molecule has 138 valence electrons. The Hall–Kier alpha value is -2.77. The van der Waals surface area contributed by atoms with Crippen LogP contribution in [0.3, 0.4) is 0 Å². The average molecular weight is 381 g/mol. The molecule has 0 fully saturated rings. The number of benzene rings is 1. The summed E-state index contributed by atoms with van der Waals surface area (Å²) in [6.07, 6.45) is 2.91. The van der Waals surface area contributed by atoms with Crippen molar-refractivity contribution in [2.75, 3.05) is 12.8 Å². The number of thiazole rings is 1. The summed E-state index contributed by atoms with van der Waals surface area (Å²) in [5, 5.41) is 12.0. The van der Waals surface area contributed by atoms with Gasteiger partial charge < -0.3 is 15.6 Å². The Bertz CT molecular complexity index is 1030. The monoisotopic (exact) mass is 381 g/mol. The van der Waals surface area contributed by atoms with Crippen LogP contribution in [0.15, 0.2) is 36.5 Å². The second kappa shape index (κ2) is 6.44. The molecule has 0 radical (unpaired) electrons. The first kappa shape index (κ1) is 17.6. The number of pyridine rings is 1. The van der Waals surface area contributed by atoms with Crippen molar-refractivity contribution in [1.29, 1.82) is 0 Å². The van der Waals surface area contributed by atoms with Gasteiger partial charge in [0.1, 0.15) is 16.4 Å². The van der Waals surface area contributed by atoms with Crippen molar-refractivity contribution < 1.29 is 14.6 Å². The van der Waals surface area contributed by atoms with Gasteiger partial charge in [-0.05, 0) is 60.7 Å². The van der Waals surface area contributed by atoms with Gasteiger partial charge in [-0.2, -0.15) is 0 Å². The second-order valence-electron chi connectivity index (χ2n) is 6.71. The third-order valence-corrected chi connectivity index (χ3v) is 6.00. The van der Waals surface area contributed by atoms with Gasteiger partial charge in [-0.15, -0.1) is 11.3 Å². The van der Waals surface area contributed by atoms with E-state index >= 15 is 0 Å². The van der Waals surface area contributed by atoms with Crippen LogP contribution in [0.25, 0.3) is 10.6 Å². The molecule has 2 heterocycles. The van der Waals surface area contributed by atoms with E-state index in [4.69, 9.17) is 10.5 Å². The minimum atomic E-state index is -1.16. The highest BCUT2D eigenvalue weighted by atomic mass is 32.1. The average Bonchev–Trinajstić information content (AvgIpc) is 3.26. The Kier molecular flexibility index (Phi) is 4.20. The highest BCUT2D eigenvalue weighted by Crippen LogP contribution is 2.44. The molecule has 3 aromatic rings. The molecule has 1 atom stereocenters. The fraction of sp³-hybridized carbons (Fsp3) is 0.250. The topological polar surface area (TPSA) is 98.3 Å². The van der Waals surface area contributed by atoms with E-state index < -0.39 is 5.60 Å². The van der Waals surface area contributed by atoms with Crippen LogP contribution in [0.2, 0.25) is 0 Å². The lowest BCUT2D eigenvalue weighted by molar-refractivity contribution is 0.0600. The summed E-state index contributed by atoms with van der Waals surface area (Å²) < 4.78 is 4.78. The van der Waals surface area contributed by atoms with Crippen molar-refractivity contribution in [2.24, 2.45) is 0 Å². The SMILES string of the molecule is COC(=O)c1ccc2c(c1)CC[C@]2(O)c1ncc(-c2cc(C)cc(N)n2)s1. The number of fused-ring (bicyclic) bond motifs is 1. The first-order chi connectivity index (χ1) is 12.9. The summed E-state index contributed by atoms with van der Waals surface area (Å²) in [5.74, 6) is 0.0769. The molecule has 6 nitrogen and oxygen atoms in total. The van der Waals surface area contributed by atoms with E-state index in [1.165, 1.54) is 18.4 Å². The third-order valence-electron chi connectivity index (χ3n) is 4.83. The molecule has 0 saturated heterocycles. The maximum Gasteiger partial charge on any atom is 0.337 e. The minimum Gasteiger partial charge on any atom is -0.465 e. The smallest absolute Gasteiger partial charge is 0.337 e. The Balaban J connectivity index is 1.71. The minimum absolute atomic E-state index is 0.382. The van der Waals surface area contributed by atoms with Crippen molar-refractivity contribution in [3.8, 4) is 10.6 Å². The molecule has 0 aliphatic heterocycles. The van der Waals surface area contributed by atoms with E-state index in [9.17, 15) is 9.90 Å². The van der Waals surface area contributed by atoms with E-state index in [0.717, 1.165) is 27.3 Å². The molecule has 0 bridgehead atoms. The Labute approximate surface area is 160 Å². The fourth-order valence-corrected chi connectivity index (χ4v) is 4.53. The third kappa shape index (κ3) is 2.98. The zero-order valence-corrected chi connectivity index (χ0v) is 15.8. The highest BCUT2D eigenvalue weighted by molar-refractivity contribution is 7.15. The molecule has 7 heteroatoms. The fourth-order valence-electron chi connectivity index (χ4n) is 3.53. The predicted molar refractivity (Wildman–Crippen MR) is 104 cm³/mol. The van der Waals surface area contributed by atoms with Crippen LogP contribution in [-0.4, -0.2) is 28.2 Å². The van der Waals surface area contributed by atoms with Crippen molar-refractivity contribution in [3.63, 3.8) is 0 Å².